The fourth-order valence-corrected chi connectivity index (χ4v) is 7.32. The molecule has 190 valence electrons. The number of thiol groups is 1. The van der Waals surface area contributed by atoms with Crippen LogP contribution < -0.4 is 10.0 Å². The number of nitrogens with zero attached hydrogens (tertiary/aromatic N) is 1. The molecule has 4 rings (SSSR count). The molecule has 2 unspecified atom stereocenters. The van der Waals surface area contributed by atoms with E-state index in [0.29, 0.717) is 13.0 Å². The molecule has 1 heterocycles. The number of rotatable bonds is 8. The van der Waals surface area contributed by atoms with Gasteiger partial charge in [-0.25, -0.2) is 22.9 Å². The van der Waals surface area contributed by atoms with Crippen LogP contribution in [0.2, 0.25) is 0 Å². The van der Waals surface area contributed by atoms with Gasteiger partial charge in [-0.05, 0) is 79.1 Å². The van der Waals surface area contributed by atoms with Crippen LogP contribution in [0, 0.1) is 6.92 Å². The Morgan fingerprint density at radius 3 is 2.39 bits per heavy atom. The zero-order chi connectivity index (χ0) is 25.9. The Balaban J connectivity index is 1.36. The molecule has 2 amide bonds. The standard InChI is InChI=1S/C27H31N3O4S2/c1-4-26-29-24-17-21(19(3)31)9-14-25(24)35(26)22-10-7-20(8-11-22)15-16-28-27(32)30-36(33,34)23-12-5-18(2)6-13-23/h5-14,17,19,31,35H,4,15-16H2,1-3H3,(H2,28,30,32). The van der Waals surface area contributed by atoms with Gasteiger partial charge in [0.05, 0.1) is 21.7 Å². The molecule has 3 N–H and O–H groups in total. The molecule has 3 aromatic carbocycles. The summed E-state index contributed by atoms with van der Waals surface area (Å²) >= 11 is 0. The van der Waals surface area contributed by atoms with E-state index in [1.54, 1.807) is 19.1 Å². The van der Waals surface area contributed by atoms with Gasteiger partial charge in [-0.2, -0.15) is 10.9 Å². The molecule has 3 aromatic rings. The van der Waals surface area contributed by atoms with Crippen molar-refractivity contribution in [2.75, 3.05) is 6.54 Å². The Kier molecular flexibility index (Phi) is 7.82. The maximum absolute atomic E-state index is 12.3. The van der Waals surface area contributed by atoms with Gasteiger partial charge in [0.15, 0.2) is 0 Å². The molecule has 0 saturated heterocycles. The van der Waals surface area contributed by atoms with Crippen molar-refractivity contribution in [1.82, 2.24) is 10.0 Å². The minimum absolute atomic E-state index is 0.0475. The van der Waals surface area contributed by atoms with Gasteiger partial charge in [0.2, 0.25) is 0 Å². The monoisotopic (exact) mass is 525 g/mol. The van der Waals surface area contributed by atoms with Crippen molar-refractivity contribution in [3.05, 3.63) is 83.4 Å². The summed E-state index contributed by atoms with van der Waals surface area (Å²) in [6, 6.07) is 19.9. The third-order valence-corrected chi connectivity index (χ3v) is 9.95. The van der Waals surface area contributed by atoms with E-state index in [2.05, 4.69) is 35.2 Å². The Labute approximate surface area is 215 Å². The second-order valence-electron chi connectivity index (χ2n) is 8.73. The molecular formula is C27H31N3O4S2. The molecule has 36 heavy (non-hydrogen) atoms. The summed E-state index contributed by atoms with van der Waals surface area (Å²) in [5.41, 5.74) is 3.78. The normalized spacial score (nSPS) is 16.7. The number of amides is 2. The molecule has 0 radical (unpaired) electrons. The Hall–Kier alpha value is -3.14. The average molecular weight is 526 g/mol. The lowest BCUT2D eigenvalue weighted by Gasteiger charge is -2.20. The van der Waals surface area contributed by atoms with Crippen LogP contribution in [0.15, 0.2) is 86.4 Å². The average Bonchev–Trinajstić information content (AvgIpc) is 3.22. The number of carbonyl (C=O) groups is 1. The highest BCUT2D eigenvalue weighted by molar-refractivity contribution is 8.30. The van der Waals surface area contributed by atoms with Crippen LogP contribution in [-0.4, -0.2) is 31.1 Å². The van der Waals surface area contributed by atoms with E-state index in [1.807, 2.05) is 31.2 Å². The van der Waals surface area contributed by atoms with Gasteiger partial charge < -0.3 is 10.4 Å². The molecule has 9 heteroatoms. The Morgan fingerprint density at radius 1 is 1.06 bits per heavy atom. The summed E-state index contributed by atoms with van der Waals surface area (Å²) in [6.45, 7) is 6.03. The molecule has 1 aliphatic heterocycles. The van der Waals surface area contributed by atoms with E-state index in [-0.39, 0.29) is 4.90 Å². The summed E-state index contributed by atoms with van der Waals surface area (Å²) in [4.78, 5) is 19.4. The number of benzene rings is 3. The highest BCUT2D eigenvalue weighted by Gasteiger charge is 2.25. The fourth-order valence-electron chi connectivity index (χ4n) is 4.00. The Bertz CT molecular complexity index is 1380. The zero-order valence-electron chi connectivity index (χ0n) is 20.5. The van der Waals surface area contributed by atoms with Crippen molar-refractivity contribution in [2.24, 2.45) is 4.99 Å². The second-order valence-corrected chi connectivity index (χ2v) is 12.6. The number of hydrogen-bond acceptors (Lipinski definition) is 5. The van der Waals surface area contributed by atoms with Crippen LogP contribution in [0.4, 0.5) is 10.5 Å². The van der Waals surface area contributed by atoms with Gasteiger partial charge in [-0.3, -0.25) is 0 Å². The van der Waals surface area contributed by atoms with Crippen LogP contribution in [0.3, 0.4) is 0 Å². The minimum Gasteiger partial charge on any atom is -0.389 e. The van der Waals surface area contributed by atoms with Crippen molar-refractivity contribution in [3.8, 4) is 0 Å². The topological polar surface area (TPSA) is 108 Å². The lowest BCUT2D eigenvalue weighted by Crippen LogP contribution is -2.40. The fraction of sp³-hybridized carbons (Fsp3) is 0.259. The smallest absolute Gasteiger partial charge is 0.328 e. The van der Waals surface area contributed by atoms with Gasteiger partial charge in [-0.1, -0.05) is 42.8 Å². The summed E-state index contributed by atoms with van der Waals surface area (Å²) in [5.74, 6) is 0. The van der Waals surface area contributed by atoms with Crippen molar-refractivity contribution in [2.45, 2.75) is 54.4 Å². The van der Waals surface area contributed by atoms with Gasteiger partial charge in [-0.15, -0.1) is 0 Å². The number of carbonyl (C=O) groups excluding carboxylic acids is 1. The first-order valence-electron chi connectivity index (χ1n) is 11.8. The number of aliphatic imine (C=N–C) groups is 1. The Morgan fingerprint density at radius 2 is 1.75 bits per heavy atom. The first-order chi connectivity index (χ1) is 17.2. The molecule has 2 atom stereocenters. The SMILES string of the molecule is CCC1=Nc2cc(C(C)O)ccc2[SH]1c1ccc(CCNC(=O)NS(=O)(=O)c2ccc(C)cc2)cc1. The maximum atomic E-state index is 12.3. The van der Waals surface area contributed by atoms with Gasteiger partial charge in [0, 0.05) is 11.4 Å². The largest absolute Gasteiger partial charge is 0.389 e. The first kappa shape index (κ1) is 25.9. The van der Waals surface area contributed by atoms with E-state index in [9.17, 15) is 18.3 Å². The third kappa shape index (κ3) is 5.80. The number of urea groups is 1. The predicted octanol–water partition coefficient (Wildman–Crippen LogP) is 5.15. The van der Waals surface area contributed by atoms with Crippen molar-refractivity contribution < 1.29 is 18.3 Å². The van der Waals surface area contributed by atoms with Crippen molar-refractivity contribution in [1.29, 1.82) is 0 Å². The summed E-state index contributed by atoms with van der Waals surface area (Å²) in [5, 5.41) is 13.7. The molecule has 1 aliphatic rings. The summed E-state index contributed by atoms with van der Waals surface area (Å²) in [6.07, 6.45) is 0.899. The lowest BCUT2D eigenvalue weighted by molar-refractivity contribution is 0.199. The molecular weight excluding hydrogens is 494 g/mol. The van der Waals surface area contributed by atoms with Crippen LogP contribution >= 0.6 is 10.9 Å². The van der Waals surface area contributed by atoms with E-state index in [0.717, 1.165) is 33.8 Å². The molecule has 0 aromatic heterocycles. The van der Waals surface area contributed by atoms with Gasteiger partial charge >= 0.3 is 6.03 Å². The highest BCUT2D eigenvalue weighted by Crippen LogP contribution is 2.55. The quantitative estimate of drug-likeness (QED) is 0.305. The van der Waals surface area contributed by atoms with E-state index in [4.69, 9.17) is 4.99 Å². The highest BCUT2D eigenvalue weighted by atomic mass is 32.2. The summed E-state index contributed by atoms with van der Waals surface area (Å²) in [7, 11) is -4.62. The second kappa shape index (κ2) is 10.9. The number of nitrogens with one attached hydrogen (secondary N) is 2. The molecule has 0 bridgehead atoms. The number of hydrogen-bond donors (Lipinski definition) is 4. The van der Waals surface area contributed by atoms with E-state index >= 15 is 0 Å². The maximum Gasteiger partial charge on any atom is 0.328 e. The van der Waals surface area contributed by atoms with Gasteiger partial charge in [0.25, 0.3) is 10.0 Å². The molecule has 0 aliphatic carbocycles. The van der Waals surface area contributed by atoms with Crippen LogP contribution in [0.25, 0.3) is 0 Å². The predicted molar refractivity (Wildman–Crippen MR) is 145 cm³/mol. The number of fused-ring (bicyclic) bond motifs is 1. The van der Waals surface area contributed by atoms with Crippen molar-refractivity contribution >= 4 is 37.7 Å². The third-order valence-electron chi connectivity index (χ3n) is 6.00. The molecule has 0 spiro atoms. The number of aryl methyl sites for hydroxylation is 1. The zero-order valence-corrected chi connectivity index (χ0v) is 22.2. The first-order valence-corrected chi connectivity index (χ1v) is 14.7. The molecule has 0 fully saturated rings. The molecule has 7 nitrogen and oxygen atoms in total. The van der Waals surface area contributed by atoms with Crippen LogP contribution in [0.5, 0.6) is 0 Å². The van der Waals surface area contributed by atoms with Crippen molar-refractivity contribution in [3.63, 3.8) is 0 Å². The van der Waals surface area contributed by atoms with E-state index in [1.165, 1.54) is 21.9 Å². The number of sulfonamides is 1. The van der Waals surface area contributed by atoms with Gasteiger partial charge in [0.1, 0.15) is 0 Å². The lowest BCUT2D eigenvalue weighted by atomic mass is 10.1. The summed E-state index contributed by atoms with van der Waals surface area (Å²) < 4.78 is 26.7. The minimum atomic E-state index is -3.91. The molecule has 0 saturated carbocycles. The number of aliphatic hydroxyl groups excluding tert-OH is 1. The van der Waals surface area contributed by atoms with Crippen LogP contribution in [0.1, 0.15) is 43.1 Å². The van der Waals surface area contributed by atoms with E-state index < -0.39 is 33.1 Å². The number of aliphatic hydroxyl groups is 1. The van der Waals surface area contributed by atoms with Crippen LogP contribution in [-0.2, 0) is 16.4 Å².